The lowest BCUT2D eigenvalue weighted by atomic mass is 9.95. The monoisotopic (exact) mass is 294 g/mol. The number of β-amino-alcohol motifs (C(OH)–C–C–N with tert-alkyl or cyclic N) is 1. The van der Waals surface area contributed by atoms with E-state index in [1.807, 2.05) is 6.92 Å². The van der Waals surface area contributed by atoms with Gasteiger partial charge in [0.25, 0.3) is 0 Å². The third kappa shape index (κ3) is 4.25. The molecule has 2 N–H and O–H groups in total. The van der Waals surface area contributed by atoms with Crippen LogP contribution < -0.4 is 5.32 Å². The molecule has 0 aromatic heterocycles. The summed E-state index contributed by atoms with van der Waals surface area (Å²) in [5.41, 5.74) is 0.336. The molecule has 0 spiro atoms. The number of amides is 1. The number of aliphatic hydroxyl groups is 1. The number of benzene rings is 1. The van der Waals surface area contributed by atoms with Crippen molar-refractivity contribution in [2.24, 2.45) is 5.92 Å². The molecule has 21 heavy (non-hydrogen) atoms. The van der Waals surface area contributed by atoms with Crippen molar-refractivity contribution in [1.82, 2.24) is 10.2 Å². The SMILES string of the molecule is CCNC(=O)C1CCN(CC(O)c2ccccc2F)CC1. The molecule has 2 rings (SSSR count). The van der Waals surface area contributed by atoms with E-state index in [4.69, 9.17) is 0 Å². The predicted molar refractivity (Wildman–Crippen MR) is 79.2 cm³/mol. The number of nitrogens with one attached hydrogen (secondary N) is 1. The Labute approximate surface area is 125 Å². The van der Waals surface area contributed by atoms with Crippen LogP contribution in [-0.4, -0.2) is 42.1 Å². The minimum absolute atomic E-state index is 0.0619. The van der Waals surface area contributed by atoms with E-state index in [1.54, 1.807) is 18.2 Å². The third-order valence-electron chi connectivity index (χ3n) is 4.00. The molecular formula is C16H23FN2O2. The Hall–Kier alpha value is -1.46. The number of carbonyl (C=O) groups excluding carboxylic acids is 1. The van der Waals surface area contributed by atoms with E-state index in [9.17, 15) is 14.3 Å². The maximum atomic E-state index is 13.6. The van der Waals surface area contributed by atoms with E-state index in [-0.39, 0.29) is 17.6 Å². The smallest absolute Gasteiger partial charge is 0.223 e. The fourth-order valence-corrected chi connectivity index (χ4v) is 2.78. The van der Waals surface area contributed by atoms with Gasteiger partial charge in [0, 0.05) is 24.6 Å². The van der Waals surface area contributed by atoms with Gasteiger partial charge in [0.05, 0.1) is 6.10 Å². The van der Waals surface area contributed by atoms with Gasteiger partial charge in [-0.25, -0.2) is 4.39 Å². The van der Waals surface area contributed by atoms with Gasteiger partial charge in [0.2, 0.25) is 5.91 Å². The zero-order valence-electron chi connectivity index (χ0n) is 12.4. The normalized spacial score (nSPS) is 18.4. The molecule has 1 amide bonds. The molecule has 116 valence electrons. The van der Waals surface area contributed by atoms with Gasteiger partial charge in [-0.05, 0) is 38.9 Å². The number of carbonyl (C=O) groups is 1. The average molecular weight is 294 g/mol. The summed E-state index contributed by atoms with van der Waals surface area (Å²) in [5.74, 6) is -0.194. The van der Waals surface area contributed by atoms with Crippen LogP contribution in [0.4, 0.5) is 4.39 Å². The van der Waals surface area contributed by atoms with Crippen molar-refractivity contribution < 1.29 is 14.3 Å². The van der Waals surface area contributed by atoms with Gasteiger partial charge in [-0.1, -0.05) is 18.2 Å². The Balaban J connectivity index is 1.83. The first kappa shape index (κ1) is 15.9. The molecule has 4 nitrogen and oxygen atoms in total. The molecule has 1 aromatic rings. The summed E-state index contributed by atoms with van der Waals surface area (Å²) in [6, 6.07) is 6.31. The Bertz CT molecular complexity index is 473. The first-order valence-corrected chi connectivity index (χ1v) is 7.54. The topological polar surface area (TPSA) is 52.6 Å². The van der Waals surface area contributed by atoms with Crippen LogP contribution in [0.2, 0.25) is 0 Å². The first-order chi connectivity index (χ1) is 10.1. The van der Waals surface area contributed by atoms with Crippen molar-refractivity contribution in [3.8, 4) is 0 Å². The summed E-state index contributed by atoms with van der Waals surface area (Å²) in [5, 5.41) is 13.0. The second-order valence-electron chi connectivity index (χ2n) is 5.51. The van der Waals surface area contributed by atoms with E-state index >= 15 is 0 Å². The second kappa shape index (κ2) is 7.52. The molecule has 1 atom stereocenters. The number of piperidine rings is 1. The van der Waals surface area contributed by atoms with Gasteiger partial charge >= 0.3 is 0 Å². The van der Waals surface area contributed by atoms with Gasteiger partial charge in [-0.2, -0.15) is 0 Å². The van der Waals surface area contributed by atoms with Crippen molar-refractivity contribution in [3.05, 3.63) is 35.6 Å². The number of hydrogen-bond acceptors (Lipinski definition) is 3. The van der Waals surface area contributed by atoms with Crippen molar-refractivity contribution in [3.63, 3.8) is 0 Å². The Morgan fingerprint density at radius 2 is 2.10 bits per heavy atom. The summed E-state index contributed by atoms with van der Waals surface area (Å²) in [6.45, 7) is 4.49. The van der Waals surface area contributed by atoms with E-state index in [0.717, 1.165) is 25.9 Å². The van der Waals surface area contributed by atoms with Crippen LogP contribution in [0, 0.1) is 11.7 Å². The summed E-state index contributed by atoms with van der Waals surface area (Å²) in [6.07, 6.45) is 0.748. The molecule has 0 saturated carbocycles. The van der Waals surface area contributed by atoms with Gasteiger partial charge in [0.1, 0.15) is 5.82 Å². The van der Waals surface area contributed by atoms with Gasteiger partial charge in [0.15, 0.2) is 0 Å². The lowest BCUT2D eigenvalue weighted by Gasteiger charge is -2.32. The van der Waals surface area contributed by atoms with E-state index in [0.29, 0.717) is 18.7 Å². The molecule has 1 unspecified atom stereocenters. The fraction of sp³-hybridized carbons (Fsp3) is 0.562. The molecule has 1 aromatic carbocycles. The Morgan fingerprint density at radius 1 is 1.43 bits per heavy atom. The fourth-order valence-electron chi connectivity index (χ4n) is 2.78. The summed E-state index contributed by atoms with van der Waals surface area (Å²) < 4.78 is 13.6. The van der Waals surface area contributed by atoms with Crippen LogP contribution in [-0.2, 0) is 4.79 Å². The van der Waals surface area contributed by atoms with Crippen LogP contribution >= 0.6 is 0 Å². The molecule has 0 radical (unpaired) electrons. The Morgan fingerprint density at radius 3 is 2.71 bits per heavy atom. The summed E-state index contributed by atoms with van der Waals surface area (Å²) in [4.78, 5) is 13.9. The van der Waals surface area contributed by atoms with Crippen LogP contribution in [0.15, 0.2) is 24.3 Å². The lowest BCUT2D eigenvalue weighted by Crippen LogP contribution is -2.41. The zero-order chi connectivity index (χ0) is 15.2. The highest BCUT2D eigenvalue weighted by molar-refractivity contribution is 5.78. The van der Waals surface area contributed by atoms with E-state index in [2.05, 4.69) is 10.2 Å². The summed E-state index contributed by atoms with van der Waals surface area (Å²) in [7, 11) is 0. The van der Waals surface area contributed by atoms with Crippen molar-refractivity contribution in [1.29, 1.82) is 0 Å². The molecule has 1 saturated heterocycles. The van der Waals surface area contributed by atoms with Crippen LogP contribution in [0.5, 0.6) is 0 Å². The molecule has 1 aliphatic heterocycles. The molecule has 0 bridgehead atoms. The molecular weight excluding hydrogens is 271 g/mol. The number of hydrogen-bond donors (Lipinski definition) is 2. The molecule has 5 heteroatoms. The number of halogens is 1. The minimum atomic E-state index is -0.827. The Kier molecular flexibility index (Phi) is 5.70. The highest BCUT2D eigenvalue weighted by Crippen LogP contribution is 2.22. The number of likely N-dealkylation sites (tertiary alicyclic amines) is 1. The predicted octanol–water partition coefficient (Wildman–Crippen LogP) is 1.71. The second-order valence-corrected chi connectivity index (χ2v) is 5.51. The largest absolute Gasteiger partial charge is 0.387 e. The molecule has 1 fully saturated rings. The first-order valence-electron chi connectivity index (χ1n) is 7.54. The lowest BCUT2D eigenvalue weighted by molar-refractivity contribution is -0.126. The maximum absolute atomic E-state index is 13.6. The number of aliphatic hydroxyl groups excluding tert-OH is 1. The van der Waals surface area contributed by atoms with Crippen LogP contribution in [0.25, 0.3) is 0 Å². The van der Waals surface area contributed by atoms with Gasteiger partial charge in [-0.3, -0.25) is 4.79 Å². The van der Waals surface area contributed by atoms with E-state index in [1.165, 1.54) is 6.07 Å². The zero-order valence-corrected chi connectivity index (χ0v) is 12.4. The van der Waals surface area contributed by atoms with Crippen LogP contribution in [0.3, 0.4) is 0 Å². The highest BCUT2D eigenvalue weighted by atomic mass is 19.1. The molecule has 1 aliphatic rings. The molecule has 1 heterocycles. The summed E-state index contributed by atoms with van der Waals surface area (Å²) >= 11 is 0. The van der Waals surface area contributed by atoms with E-state index < -0.39 is 6.10 Å². The highest BCUT2D eigenvalue weighted by Gasteiger charge is 2.26. The van der Waals surface area contributed by atoms with Gasteiger partial charge in [-0.15, -0.1) is 0 Å². The molecule has 0 aliphatic carbocycles. The van der Waals surface area contributed by atoms with Crippen molar-refractivity contribution >= 4 is 5.91 Å². The third-order valence-corrected chi connectivity index (χ3v) is 4.00. The number of nitrogens with zero attached hydrogens (tertiary/aromatic N) is 1. The standard InChI is InChI=1S/C16H23FN2O2/c1-2-18-16(21)12-7-9-19(10-8-12)11-15(20)13-5-3-4-6-14(13)17/h3-6,12,15,20H,2,7-11H2,1H3,(H,18,21). The van der Waals surface area contributed by atoms with Gasteiger partial charge < -0.3 is 15.3 Å². The minimum Gasteiger partial charge on any atom is -0.387 e. The van der Waals surface area contributed by atoms with Crippen LogP contribution in [0.1, 0.15) is 31.4 Å². The van der Waals surface area contributed by atoms with Crippen molar-refractivity contribution in [2.75, 3.05) is 26.2 Å². The van der Waals surface area contributed by atoms with Crippen molar-refractivity contribution in [2.45, 2.75) is 25.9 Å². The quantitative estimate of drug-likeness (QED) is 0.869. The maximum Gasteiger partial charge on any atom is 0.223 e. The average Bonchev–Trinajstić information content (AvgIpc) is 2.48. The number of rotatable bonds is 5.